The van der Waals surface area contributed by atoms with E-state index in [0.29, 0.717) is 5.92 Å². The molecule has 2 unspecified atom stereocenters. The first-order chi connectivity index (χ1) is 9.15. The Hall–Kier alpha value is -1.61. The highest BCUT2D eigenvalue weighted by Crippen LogP contribution is 2.33. The molecule has 0 saturated carbocycles. The molecule has 1 N–H and O–H groups in total. The summed E-state index contributed by atoms with van der Waals surface area (Å²) in [4.78, 5) is 4.37. The molecule has 0 aliphatic carbocycles. The van der Waals surface area contributed by atoms with Gasteiger partial charge in [0.25, 0.3) is 0 Å². The third kappa shape index (κ3) is 2.87. The quantitative estimate of drug-likeness (QED) is 0.892. The topological polar surface area (TPSA) is 38.0 Å². The molecule has 0 saturated heterocycles. The van der Waals surface area contributed by atoms with Gasteiger partial charge in [0.05, 0.1) is 12.1 Å². The van der Waals surface area contributed by atoms with Gasteiger partial charge in [0.1, 0.15) is 5.82 Å². The molecule has 0 bridgehead atoms. The molecule has 1 aromatic carbocycles. The minimum Gasteiger partial charge on any atom is -0.386 e. The maximum atomic E-state index is 10.7. The highest BCUT2D eigenvalue weighted by atomic mass is 16.3. The lowest BCUT2D eigenvalue weighted by atomic mass is 9.93. The third-order valence-electron chi connectivity index (χ3n) is 3.53. The highest BCUT2D eigenvalue weighted by Gasteiger charge is 2.26. The monoisotopic (exact) mass is 258 g/mol. The Balaban J connectivity index is 2.36. The van der Waals surface area contributed by atoms with E-state index in [2.05, 4.69) is 30.3 Å². The second-order valence-electron chi connectivity index (χ2n) is 5.19. The first kappa shape index (κ1) is 13.8. The summed E-state index contributed by atoms with van der Waals surface area (Å²) in [6.45, 7) is 6.36. The molecule has 2 rings (SSSR count). The van der Waals surface area contributed by atoms with E-state index < -0.39 is 6.10 Å². The van der Waals surface area contributed by atoms with Crippen molar-refractivity contribution in [3.8, 4) is 0 Å². The van der Waals surface area contributed by atoms with Gasteiger partial charge in [-0.1, -0.05) is 51.1 Å². The molecule has 19 heavy (non-hydrogen) atoms. The van der Waals surface area contributed by atoms with Crippen molar-refractivity contribution in [1.82, 2.24) is 9.55 Å². The largest absolute Gasteiger partial charge is 0.386 e. The predicted octanol–water partition coefficient (Wildman–Crippen LogP) is 3.38. The van der Waals surface area contributed by atoms with E-state index in [1.54, 1.807) is 0 Å². The average molecular weight is 258 g/mol. The fraction of sp³-hybridized carbons (Fsp3) is 0.438. The maximum Gasteiger partial charge on any atom is 0.108 e. The molecule has 0 fully saturated rings. The normalized spacial score (nSPS) is 14.6. The molecule has 0 aliphatic rings. The minimum atomic E-state index is -0.513. The Labute approximate surface area is 114 Å². The van der Waals surface area contributed by atoms with E-state index in [1.165, 1.54) is 0 Å². The van der Waals surface area contributed by atoms with Gasteiger partial charge in [-0.15, -0.1) is 0 Å². The second kappa shape index (κ2) is 6.02. The second-order valence-corrected chi connectivity index (χ2v) is 5.19. The third-order valence-corrected chi connectivity index (χ3v) is 3.53. The lowest BCUT2D eigenvalue weighted by molar-refractivity contribution is 0.0856. The lowest BCUT2D eigenvalue weighted by Gasteiger charge is -2.29. The van der Waals surface area contributed by atoms with E-state index in [9.17, 15) is 5.11 Å². The van der Waals surface area contributed by atoms with Crippen LogP contribution in [0.1, 0.15) is 44.3 Å². The summed E-state index contributed by atoms with van der Waals surface area (Å²) in [6, 6.07) is 9.86. The summed E-state index contributed by atoms with van der Waals surface area (Å²) >= 11 is 0. The summed E-state index contributed by atoms with van der Waals surface area (Å²) in [7, 11) is 0. The molecule has 1 aromatic heterocycles. The van der Waals surface area contributed by atoms with Crippen LogP contribution >= 0.6 is 0 Å². The molecule has 0 aliphatic heterocycles. The number of rotatable bonds is 5. The molecule has 2 atom stereocenters. The molecule has 1 heterocycles. The molecule has 102 valence electrons. The van der Waals surface area contributed by atoms with Crippen molar-refractivity contribution in [2.24, 2.45) is 5.92 Å². The van der Waals surface area contributed by atoms with Crippen LogP contribution < -0.4 is 0 Å². The first-order valence-electron chi connectivity index (χ1n) is 6.89. The van der Waals surface area contributed by atoms with Crippen LogP contribution in [0.3, 0.4) is 0 Å². The number of aliphatic hydroxyl groups is 1. The van der Waals surface area contributed by atoms with Crippen LogP contribution in [-0.4, -0.2) is 14.7 Å². The average Bonchev–Trinajstić information content (AvgIpc) is 2.87. The number of hydrogen-bond acceptors (Lipinski definition) is 2. The molecular formula is C16H22N2O. The number of nitrogens with zero attached hydrogens (tertiary/aromatic N) is 2. The SMILES string of the molecule is CCc1nccn1C(C(C)C)C(O)c1ccccc1. The molecular weight excluding hydrogens is 236 g/mol. The summed E-state index contributed by atoms with van der Waals surface area (Å²) in [5.41, 5.74) is 0.956. The van der Waals surface area contributed by atoms with Crippen LogP contribution in [0, 0.1) is 5.92 Å². The van der Waals surface area contributed by atoms with Crippen molar-refractivity contribution in [1.29, 1.82) is 0 Å². The molecule has 3 nitrogen and oxygen atoms in total. The number of hydrogen-bond donors (Lipinski definition) is 1. The van der Waals surface area contributed by atoms with Gasteiger partial charge in [0, 0.05) is 18.8 Å². The van der Waals surface area contributed by atoms with Crippen molar-refractivity contribution in [2.75, 3.05) is 0 Å². The van der Waals surface area contributed by atoms with E-state index in [-0.39, 0.29) is 6.04 Å². The maximum absolute atomic E-state index is 10.7. The Morgan fingerprint density at radius 1 is 1.21 bits per heavy atom. The number of benzene rings is 1. The highest BCUT2D eigenvalue weighted by molar-refractivity contribution is 5.19. The fourth-order valence-corrected chi connectivity index (χ4v) is 2.57. The number of aryl methyl sites for hydroxylation is 1. The smallest absolute Gasteiger partial charge is 0.108 e. The Morgan fingerprint density at radius 3 is 2.47 bits per heavy atom. The van der Waals surface area contributed by atoms with Gasteiger partial charge in [0.2, 0.25) is 0 Å². The summed E-state index contributed by atoms with van der Waals surface area (Å²) in [5, 5.41) is 10.7. The van der Waals surface area contributed by atoms with E-state index in [1.807, 2.05) is 42.7 Å². The Bertz CT molecular complexity index is 504. The van der Waals surface area contributed by atoms with Crippen LogP contribution in [-0.2, 0) is 6.42 Å². The van der Waals surface area contributed by atoms with Crippen molar-refractivity contribution in [2.45, 2.75) is 39.3 Å². The van der Waals surface area contributed by atoms with Crippen LogP contribution in [0.15, 0.2) is 42.7 Å². The van der Waals surface area contributed by atoms with Crippen LogP contribution in [0.5, 0.6) is 0 Å². The zero-order valence-corrected chi connectivity index (χ0v) is 11.8. The van der Waals surface area contributed by atoms with Gasteiger partial charge in [-0.25, -0.2) is 4.98 Å². The number of imidazole rings is 1. The minimum absolute atomic E-state index is 0.0137. The Morgan fingerprint density at radius 2 is 1.89 bits per heavy atom. The van der Waals surface area contributed by atoms with E-state index >= 15 is 0 Å². The molecule has 0 amide bonds. The summed E-state index contributed by atoms with van der Waals surface area (Å²) in [5.74, 6) is 1.35. The van der Waals surface area contributed by atoms with Crippen LogP contribution in [0.25, 0.3) is 0 Å². The lowest BCUT2D eigenvalue weighted by Crippen LogP contribution is -2.24. The first-order valence-corrected chi connectivity index (χ1v) is 6.89. The van der Waals surface area contributed by atoms with Gasteiger partial charge < -0.3 is 9.67 Å². The van der Waals surface area contributed by atoms with Gasteiger partial charge in [-0.3, -0.25) is 0 Å². The van der Waals surface area contributed by atoms with Crippen molar-refractivity contribution < 1.29 is 5.11 Å². The van der Waals surface area contributed by atoms with Crippen molar-refractivity contribution in [3.63, 3.8) is 0 Å². The predicted molar refractivity (Wildman–Crippen MR) is 76.9 cm³/mol. The zero-order valence-electron chi connectivity index (χ0n) is 11.8. The van der Waals surface area contributed by atoms with Crippen LogP contribution in [0.4, 0.5) is 0 Å². The van der Waals surface area contributed by atoms with E-state index in [4.69, 9.17) is 0 Å². The standard InChI is InChI=1S/C16H22N2O/c1-4-14-17-10-11-18(14)15(12(2)3)16(19)13-8-6-5-7-9-13/h5-12,15-16,19H,4H2,1-3H3. The fourth-order valence-electron chi connectivity index (χ4n) is 2.57. The van der Waals surface area contributed by atoms with Gasteiger partial charge in [0.15, 0.2) is 0 Å². The molecule has 0 spiro atoms. The number of aliphatic hydroxyl groups excluding tert-OH is 1. The summed E-state index contributed by atoms with van der Waals surface area (Å²) in [6.07, 6.45) is 4.14. The molecule has 0 radical (unpaired) electrons. The Kier molecular flexibility index (Phi) is 4.38. The zero-order chi connectivity index (χ0) is 13.8. The summed E-state index contributed by atoms with van der Waals surface area (Å²) < 4.78 is 2.11. The number of aromatic nitrogens is 2. The van der Waals surface area contributed by atoms with E-state index in [0.717, 1.165) is 17.8 Å². The van der Waals surface area contributed by atoms with Gasteiger partial charge >= 0.3 is 0 Å². The van der Waals surface area contributed by atoms with Gasteiger partial charge in [-0.05, 0) is 11.5 Å². The van der Waals surface area contributed by atoms with Crippen molar-refractivity contribution in [3.05, 3.63) is 54.1 Å². The van der Waals surface area contributed by atoms with Gasteiger partial charge in [-0.2, -0.15) is 0 Å². The van der Waals surface area contributed by atoms with Crippen LogP contribution in [0.2, 0.25) is 0 Å². The molecule has 2 aromatic rings. The van der Waals surface area contributed by atoms with Crippen molar-refractivity contribution >= 4 is 0 Å². The molecule has 3 heteroatoms.